The number of piperidine rings is 1. The molecule has 1 amide bonds. The number of hydrogen-bond acceptors (Lipinski definition) is 2. The summed E-state index contributed by atoms with van der Waals surface area (Å²) in [5.41, 5.74) is 0.581. The first-order valence-corrected chi connectivity index (χ1v) is 6.66. The van der Waals surface area contributed by atoms with Crippen LogP contribution in [-0.4, -0.2) is 29.0 Å². The van der Waals surface area contributed by atoms with E-state index in [0.717, 1.165) is 31.8 Å². The van der Waals surface area contributed by atoms with Crippen LogP contribution >= 0.6 is 0 Å². The zero-order valence-electron chi connectivity index (χ0n) is 11.1. The highest BCUT2D eigenvalue weighted by molar-refractivity contribution is 5.94. The van der Waals surface area contributed by atoms with E-state index < -0.39 is 0 Å². The zero-order chi connectivity index (χ0) is 13.1. The molecule has 0 spiro atoms. The van der Waals surface area contributed by atoms with Crippen LogP contribution in [0.3, 0.4) is 0 Å². The number of carbonyl (C=O) groups excluding carboxylic acids is 1. The monoisotopic (exact) mass is 247 g/mol. The predicted molar refractivity (Wildman–Crippen MR) is 71.6 cm³/mol. The summed E-state index contributed by atoms with van der Waals surface area (Å²) in [6.45, 7) is 6.16. The van der Waals surface area contributed by atoms with Gasteiger partial charge in [-0.2, -0.15) is 0 Å². The number of nitrogens with zero attached hydrogens (tertiary/aromatic N) is 1. The molecule has 18 heavy (non-hydrogen) atoms. The number of benzene rings is 1. The Labute approximate surface area is 108 Å². The van der Waals surface area contributed by atoms with Gasteiger partial charge in [0.1, 0.15) is 5.75 Å². The Morgan fingerprint density at radius 3 is 2.56 bits per heavy atom. The van der Waals surface area contributed by atoms with Crippen LogP contribution in [0.4, 0.5) is 0 Å². The summed E-state index contributed by atoms with van der Waals surface area (Å²) in [5.74, 6) is 1.62. The average molecular weight is 247 g/mol. The fraction of sp³-hybridized carbons (Fsp3) is 0.533. The Bertz CT molecular complexity index is 420. The Hall–Kier alpha value is -1.51. The van der Waals surface area contributed by atoms with Crippen LogP contribution in [0.25, 0.3) is 0 Å². The summed E-state index contributed by atoms with van der Waals surface area (Å²) in [6, 6.07) is 6.60. The quantitative estimate of drug-likeness (QED) is 0.873. The van der Waals surface area contributed by atoms with Crippen molar-refractivity contribution in [3.63, 3.8) is 0 Å². The Morgan fingerprint density at radius 1 is 1.33 bits per heavy atom. The van der Waals surface area contributed by atoms with Gasteiger partial charge >= 0.3 is 0 Å². The Morgan fingerprint density at radius 2 is 2.00 bits per heavy atom. The first kappa shape index (κ1) is 12.9. The van der Waals surface area contributed by atoms with Gasteiger partial charge in [-0.1, -0.05) is 19.9 Å². The third-order valence-electron chi connectivity index (χ3n) is 3.86. The molecule has 1 saturated heterocycles. The number of carbonyl (C=O) groups is 1. The molecular formula is C15H21NO2. The number of aromatic hydroxyl groups is 1. The second kappa shape index (κ2) is 5.42. The molecule has 3 heteroatoms. The molecule has 1 heterocycles. The largest absolute Gasteiger partial charge is 0.508 e. The van der Waals surface area contributed by atoms with Gasteiger partial charge in [0.05, 0.1) is 0 Å². The van der Waals surface area contributed by atoms with E-state index in [2.05, 4.69) is 13.8 Å². The molecule has 0 radical (unpaired) electrons. The smallest absolute Gasteiger partial charge is 0.253 e. The lowest BCUT2D eigenvalue weighted by Gasteiger charge is -2.33. The molecule has 1 aliphatic heterocycles. The standard InChI is InChI=1S/C15H21NO2/c1-11(2)12-6-8-16(9-7-12)15(18)13-4-3-5-14(17)10-13/h3-5,10-12,17H,6-9H2,1-2H3. The third-order valence-corrected chi connectivity index (χ3v) is 3.86. The molecule has 1 fully saturated rings. The second-order valence-electron chi connectivity index (χ2n) is 5.42. The van der Waals surface area contributed by atoms with Crippen molar-refractivity contribution < 1.29 is 9.90 Å². The molecule has 3 nitrogen and oxygen atoms in total. The van der Waals surface area contributed by atoms with Crippen molar-refractivity contribution in [2.24, 2.45) is 11.8 Å². The van der Waals surface area contributed by atoms with Crippen LogP contribution in [0, 0.1) is 11.8 Å². The van der Waals surface area contributed by atoms with E-state index in [0.29, 0.717) is 11.5 Å². The van der Waals surface area contributed by atoms with Crippen LogP contribution in [0.15, 0.2) is 24.3 Å². The van der Waals surface area contributed by atoms with Gasteiger partial charge in [0.15, 0.2) is 0 Å². The molecule has 0 aliphatic carbocycles. The first-order chi connectivity index (χ1) is 8.58. The van der Waals surface area contributed by atoms with Crippen molar-refractivity contribution in [3.8, 4) is 5.75 Å². The highest BCUT2D eigenvalue weighted by atomic mass is 16.3. The topological polar surface area (TPSA) is 40.5 Å². The second-order valence-corrected chi connectivity index (χ2v) is 5.42. The van der Waals surface area contributed by atoms with E-state index >= 15 is 0 Å². The molecule has 0 aromatic heterocycles. The van der Waals surface area contributed by atoms with Gasteiger partial charge in [-0.3, -0.25) is 4.79 Å². The van der Waals surface area contributed by atoms with Crippen molar-refractivity contribution in [1.29, 1.82) is 0 Å². The summed E-state index contributed by atoms with van der Waals surface area (Å²) in [5, 5.41) is 9.40. The van der Waals surface area contributed by atoms with E-state index in [1.54, 1.807) is 18.2 Å². The maximum atomic E-state index is 12.2. The van der Waals surface area contributed by atoms with Crippen LogP contribution < -0.4 is 0 Å². The predicted octanol–water partition coefficient (Wildman–Crippen LogP) is 2.90. The van der Waals surface area contributed by atoms with E-state index in [1.807, 2.05) is 4.90 Å². The summed E-state index contributed by atoms with van der Waals surface area (Å²) in [6.07, 6.45) is 2.17. The van der Waals surface area contributed by atoms with Crippen molar-refractivity contribution in [2.45, 2.75) is 26.7 Å². The first-order valence-electron chi connectivity index (χ1n) is 6.66. The van der Waals surface area contributed by atoms with Gasteiger partial charge in [-0.25, -0.2) is 0 Å². The van der Waals surface area contributed by atoms with Gasteiger partial charge in [0, 0.05) is 18.7 Å². The summed E-state index contributed by atoms with van der Waals surface area (Å²) in [4.78, 5) is 14.1. The number of phenols is 1. The minimum Gasteiger partial charge on any atom is -0.508 e. The number of rotatable bonds is 2. The molecular weight excluding hydrogens is 226 g/mol. The molecule has 1 N–H and O–H groups in total. The minimum absolute atomic E-state index is 0.0353. The summed E-state index contributed by atoms with van der Waals surface area (Å²) < 4.78 is 0. The van der Waals surface area contributed by atoms with Crippen molar-refractivity contribution in [2.75, 3.05) is 13.1 Å². The minimum atomic E-state index is 0.0353. The van der Waals surface area contributed by atoms with E-state index in [-0.39, 0.29) is 11.7 Å². The molecule has 1 aromatic carbocycles. The van der Waals surface area contributed by atoms with E-state index in [1.165, 1.54) is 6.07 Å². The van der Waals surface area contributed by atoms with Gasteiger partial charge < -0.3 is 10.0 Å². The van der Waals surface area contributed by atoms with Crippen LogP contribution in [-0.2, 0) is 0 Å². The highest BCUT2D eigenvalue weighted by Gasteiger charge is 2.25. The van der Waals surface area contributed by atoms with Crippen molar-refractivity contribution in [1.82, 2.24) is 4.90 Å². The fourth-order valence-corrected chi connectivity index (χ4v) is 2.59. The van der Waals surface area contributed by atoms with Gasteiger partial charge in [0.2, 0.25) is 0 Å². The lowest BCUT2D eigenvalue weighted by Crippen LogP contribution is -2.39. The van der Waals surface area contributed by atoms with E-state index in [4.69, 9.17) is 0 Å². The van der Waals surface area contributed by atoms with Crippen molar-refractivity contribution in [3.05, 3.63) is 29.8 Å². The summed E-state index contributed by atoms with van der Waals surface area (Å²) >= 11 is 0. The van der Waals surface area contributed by atoms with Gasteiger partial charge in [-0.15, -0.1) is 0 Å². The fourth-order valence-electron chi connectivity index (χ4n) is 2.59. The lowest BCUT2D eigenvalue weighted by molar-refractivity contribution is 0.0667. The normalized spacial score (nSPS) is 17.2. The van der Waals surface area contributed by atoms with Crippen LogP contribution in [0.5, 0.6) is 5.75 Å². The Balaban J connectivity index is 1.99. The molecule has 98 valence electrons. The number of phenolic OH excluding ortho intramolecular Hbond substituents is 1. The van der Waals surface area contributed by atoms with Crippen LogP contribution in [0.1, 0.15) is 37.0 Å². The highest BCUT2D eigenvalue weighted by Crippen LogP contribution is 2.25. The average Bonchev–Trinajstić information content (AvgIpc) is 2.38. The van der Waals surface area contributed by atoms with Crippen LogP contribution in [0.2, 0.25) is 0 Å². The van der Waals surface area contributed by atoms with Gasteiger partial charge in [0.25, 0.3) is 5.91 Å². The molecule has 0 unspecified atom stereocenters. The maximum Gasteiger partial charge on any atom is 0.253 e. The molecule has 1 aliphatic rings. The zero-order valence-corrected chi connectivity index (χ0v) is 11.1. The Kier molecular flexibility index (Phi) is 3.90. The molecule has 2 rings (SSSR count). The molecule has 0 bridgehead atoms. The van der Waals surface area contributed by atoms with Gasteiger partial charge in [-0.05, 0) is 42.9 Å². The number of amides is 1. The third kappa shape index (κ3) is 2.84. The lowest BCUT2D eigenvalue weighted by atomic mass is 9.86. The SMILES string of the molecule is CC(C)C1CCN(C(=O)c2cccc(O)c2)CC1. The number of hydrogen-bond donors (Lipinski definition) is 1. The summed E-state index contributed by atoms with van der Waals surface area (Å²) in [7, 11) is 0. The maximum absolute atomic E-state index is 12.2. The molecule has 0 saturated carbocycles. The molecule has 1 aromatic rings. The molecule has 0 atom stereocenters. The number of likely N-dealkylation sites (tertiary alicyclic amines) is 1. The van der Waals surface area contributed by atoms with Crippen molar-refractivity contribution >= 4 is 5.91 Å². The van der Waals surface area contributed by atoms with E-state index in [9.17, 15) is 9.90 Å².